The molecule has 1 saturated heterocycles. The van der Waals surface area contributed by atoms with Crippen molar-refractivity contribution in [1.29, 1.82) is 0 Å². The van der Waals surface area contributed by atoms with Crippen LogP contribution in [0.4, 0.5) is 0 Å². The summed E-state index contributed by atoms with van der Waals surface area (Å²) in [6, 6.07) is 17.5. The molecule has 2 aromatic carbocycles. The van der Waals surface area contributed by atoms with Crippen LogP contribution >= 0.6 is 0 Å². The highest BCUT2D eigenvalue weighted by Crippen LogP contribution is 2.40. The summed E-state index contributed by atoms with van der Waals surface area (Å²) in [6.45, 7) is 6.64. The molecule has 2 aromatic rings. The van der Waals surface area contributed by atoms with Crippen LogP contribution in [0.2, 0.25) is 0 Å². The molecule has 2 amide bonds. The van der Waals surface area contributed by atoms with Crippen LogP contribution in [0.15, 0.2) is 54.6 Å². The predicted molar refractivity (Wildman–Crippen MR) is 111 cm³/mol. The highest BCUT2D eigenvalue weighted by Gasteiger charge is 2.56. The van der Waals surface area contributed by atoms with Gasteiger partial charge in [-0.2, -0.15) is 0 Å². The van der Waals surface area contributed by atoms with Crippen molar-refractivity contribution in [2.75, 3.05) is 0 Å². The number of benzene rings is 2. The Bertz CT molecular complexity index is 928. The Balaban J connectivity index is 1.88. The van der Waals surface area contributed by atoms with Crippen LogP contribution in [0.5, 0.6) is 0 Å². The number of aliphatic carboxylic acids is 1. The molecule has 3 rings (SSSR count). The van der Waals surface area contributed by atoms with E-state index >= 15 is 0 Å². The zero-order valence-electron chi connectivity index (χ0n) is 17.3. The van der Waals surface area contributed by atoms with Crippen molar-refractivity contribution in [3.63, 3.8) is 0 Å². The van der Waals surface area contributed by atoms with E-state index in [4.69, 9.17) is 0 Å². The minimum atomic E-state index is -1.57. The normalized spacial score (nSPS) is 22.0. The molecule has 0 saturated carbocycles. The molecule has 0 radical (unpaired) electrons. The minimum Gasteiger partial charge on any atom is -0.480 e. The molecular weight excluding hydrogens is 366 g/mol. The lowest BCUT2D eigenvalue weighted by Crippen LogP contribution is -2.48. The van der Waals surface area contributed by atoms with Gasteiger partial charge in [0.05, 0.1) is 0 Å². The molecule has 1 aliphatic heterocycles. The Morgan fingerprint density at radius 3 is 2.10 bits per heavy atom. The summed E-state index contributed by atoms with van der Waals surface area (Å²) in [5.74, 6) is -2.13. The molecule has 5 nitrogen and oxygen atoms in total. The molecule has 5 heteroatoms. The van der Waals surface area contributed by atoms with Gasteiger partial charge >= 0.3 is 5.97 Å². The fourth-order valence-electron chi connectivity index (χ4n) is 3.78. The fourth-order valence-corrected chi connectivity index (χ4v) is 3.78. The number of carboxylic acid groups (broad SMARTS) is 1. The number of hydrogen-bond acceptors (Lipinski definition) is 3. The standard InChI is InChI=1S/C24H27NO4/c1-23(2,3)20(26)25-19(15-24(4,21(25)27)22(28)29)14-16-10-12-18(13-11-16)17-8-6-5-7-9-17/h5-13,19H,14-15H2,1-4H3,(H,28,29)/t19?,24-/m1/s1. The number of carbonyl (C=O) groups excluding carboxylic acids is 2. The van der Waals surface area contributed by atoms with Gasteiger partial charge in [-0.1, -0.05) is 75.4 Å². The van der Waals surface area contributed by atoms with Gasteiger partial charge < -0.3 is 5.11 Å². The zero-order chi connectivity index (χ0) is 21.4. The molecule has 1 fully saturated rings. The van der Waals surface area contributed by atoms with E-state index in [2.05, 4.69) is 0 Å². The molecule has 29 heavy (non-hydrogen) atoms. The Morgan fingerprint density at radius 2 is 1.59 bits per heavy atom. The van der Waals surface area contributed by atoms with Crippen LogP contribution in [-0.2, 0) is 20.8 Å². The molecule has 0 aromatic heterocycles. The quantitative estimate of drug-likeness (QED) is 0.792. The van der Waals surface area contributed by atoms with Crippen molar-refractivity contribution in [2.45, 2.75) is 46.6 Å². The van der Waals surface area contributed by atoms with Crippen LogP contribution < -0.4 is 0 Å². The van der Waals surface area contributed by atoms with Crippen molar-refractivity contribution in [2.24, 2.45) is 10.8 Å². The predicted octanol–water partition coefficient (Wildman–Crippen LogP) is 4.16. The molecular formula is C24H27NO4. The number of carboxylic acids is 1. The first-order valence-corrected chi connectivity index (χ1v) is 9.80. The van der Waals surface area contributed by atoms with Crippen molar-refractivity contribution in [3.8, 4) is 11.1 Å². The van der Waals surface area contributed by atoms with Crippen LogP contribution in [0.3, 0.4) is 0 Å². The van der Waals surface area contributed by atoms with Gasteiger partial charge in [-0.25, -0.2) is 0 Å². The maximum absolute atomic E-state index is 12.9. The number of amides is 2. The second kappa shape index (κ2) is 7.47. The minimum absolute atomic E-state index is 0.115. The second-order valence-electron chi connectivity index (χ2n) is 8.99. The average molecular weight is 393 g/mol. The third-order valence-corrected chi connectivity index (χ3v) is 5.56. The van der Waals surface area contributed by atoms with Crippen LogP contribution in [-0.4, -0.2) is 33.8 Å². The van der Waals surface area contributed by atoms with Crippen molar-refractivity contribution in [3.05, 3.63) is 60.2 Å². The topological polar surface area (TPSA) is 74.7 Å². The molecule has 0 bridgehead atoms. The third-order valence-electron chi connectivity index (χ3n) is 5.56. The SMILES string of the molecule is CC(C)(C)C(=O)N1C(=O)[C@](C)(C(=O)O)CC1Cc1ccc(-c2ccccc2)cc1. The lowest BCUT2D eigenvalue weighted by atomic mass is 9.86. The van der Waals surface area contributed by atoms with E-state index in [1.807, 2.05) is 54.6 Å². The van der Waals surface area contributed by atoms with Gasteiger partial charge in [-0.15, -0.1) is 0 Å². The Labute approximate surface area is 171 Å². The zero-order valence-corrected chi connectivity index (χ0v) is 17.3. The van der Waals surface area contributed by atoms with Gasteiger partial charge in [-0.05, 0) is 36.5 Å². The first kappa shape index (κ1) is 20.8. The number of nitrogens with zero attached hydrogens (tertiary/aromatic N) is 1. The number of hydrogen-bond donors (Lipinski definition) is 1. The number of likely N-dealkylation sites (tertiary alicyclic amines) is 1. The first-order chi connectivity index (χ1) is 13.5. The summed E-state index contributed by atoms with van der Waals surface area (Å²) in [7, 11) is 0. The van der Waals surface area contributed by atoms with Crippen molar-refractivity contribution < 1.29 is 19.5 Å². The van der Waals surface area contributed by atoms with Crippen LogP contribution in [0, 0.1) is 10.8 Å². The first-order valence-electron chi connectivity index (χ1n) is 9.80. The van der Waals surface area contributed by atoms with E-state index in [-0.39, 0.29) is 12.3 Å². The highest BCUT2D eigenvalue weighted by atomic mass is 16.4. The molecule has 1 unspecified atom stereocenters. The summed E-state index contributed by atoms with van der Waals surface area (Å²) in [5, 5.41) is 9.63. The second-order valence-corrected chi connectivity index (χ2v) is 8.99. The fraction of sp³-hybridized carbons (Fsp3) is 0.375. The molecule has 1 N–H and O–H groups in total. The monoisotopic (exact) mass is 393 g/mol. The van der Waals surface area contributed by atoms with E-state index < -0.39 is 28.7 Å². The number of imide groups is 1. The Morgan fingerprint density at radius 1 is 1.03 bits per heavy atom. The van der Waals surface area contributed by atoms with Crippen LogP contribution in [0.1, 0.15) is 39.7 Å². The lowest BCUT2D eigenvalue weighted by Gasteiger charge is -2.29. The van der Waals surface area contributed by atoms with Crippen LogP contribution in [0.25, 0.3) is 11.1 Å². The van der Waals surface area contributed by atoms with E-state index in [1.54, 1.807) is 20.8 Å². The summed E-state index contributed by atoms with van der Waals surface area (Å²) in [4.78, 5) is 38.8. The molecule has 2 atom stereocenters. The van der Waals surface area contributed by atoms with Gasteiger partial charge in [0.2, 0.25) is 11.8 Å². The maximum atomic E-state index is 12.9. The van der Waals surface area contributed by atoms with Crippen molar-refractivity contribution in [1.82, 2.24) is 4.90 Å². The van der Waals surface area contributed by atoms with Crippen molar-refractivity contribution >= 4 is 17.8 Å². The van der Waals surface area contributed by atoms with Gasteiger partial charge in [0.15, 0.2) is 0 Å². The van der Waals surface area contributed by atoms with Gasteiger partial charge in [-0.3, -0.25) is 19.3 Å². The molecule has 152 valence electrons. The van der Waals surface area contributed by atoms with Gasteiger partial charge in [0.25, 0.3) is 0 Å². The van der Waals surface area contributed by atoms with E-state index in [1.165, 1.54) is 11.8 Å². The Kier molecular flexibility index (Phi) is 5.35. The summed E-state index contributed by atoms with van der Waals surface area (Å²) in [5.41, 5.74) is 0.807. The molecule has 0 aliphatic carbocycles. The third kappa shape index (κ3) is 3.95. The average Bonchev–Trinajstić information content (AvgIpc) is 2.93. The molecule has 0 spiro atoms. The smallest absolute Gasteiger partial charge is 0.319 e. The molecule has 1 heterocycles. The summed E-state index contributed by atoms with van der Waals surface area (Å²) in [6.07, 6.45) is 0.551. The van der Waals surface area contributed by atoms with Gasteiger partial charge in [0, 0.05) is 11.5 Å². The summed E-state index contributed by atoms with van der Waals surface area (Å²) >= 11 is 0. The largest absolute Gasteiger partial charge is 0.480 e. The van der Waals surface area contributed by atoms with E-state index in [9.17, 15) is 19.5 Å². The van der Waals surface area contributed by atoms with E-state index in [0.717, 1.165) is 16.7 Å². The lowest BCUT2D eigenvalue weighted by molar-refractivity contribution is -0.158. The summed E-state index contributed by atoms with van der Waals surface area (Å²) < 4.78 is 0. The maximum Gasteiger partial charge on any atom is 0.319 e. The molecule has 1 aliphatic rings. The number of carbonyl (C=O) groups is 3. The number of rotatable bonds is 4. The van der Waals surface area contributed by atoms with Gasteiger partial charge in [0.1, 0.15) is 5.41 Å². The van der Waals surface area contributed by atoms with E-state index in [0.29, 0.717) is 6.42 Å². The Hall–Kier alpha value is -2.95. The highest BCUT2D eigenvalue weighted by molar-refractivity contribution is 6.10.